The summed E-state index contributed by atoms with van der Waals surface area (Å²) < 4.78 is 2.26. The lowest BCUT2D eigenvalue weighted by molar-refractivity contribution is 0.637. The van der Waals surface area contributed by atoms with Crippen LogP contribution >= 0.6 is 0 Å². The van der Waals surface area contributed by atoms with Gasteiger partial charge in [0, 0.05) is 44.4 Å². The molecule has 3 heterocycles. The molecule has 8 aromatic carbocycles. The highest BCUT2D eigenvalue weighted by atomic mass is 15.2. The molecule has 10 aromatic rings. The van der Waals surface area contributed by atoms with Crippen LogP contribution in [0.2, 0.25) is 0 Å². The van der Waals surface area contributed by atoms with Gasteiger partial charge in [0.05, 0.1) is 17.1 Å². The molecule has 0 N–H and O–H groups in total. The molecule has 61 heavy (non-hydrogen) atoms. The van der Waals surface area contributed by atoms with Crippen LogP contribution in [0.3, 0.4) is 0 Å². The smallest absolute Gasteiger partial charge is 0.238 e. The Morgan fingerprint density at radius 1 is 0.492 bits per heavy atom. The average Bonchev–Trinajstić information content (AvgIpc) is 3.85. The number of nitrogens with zero attached hydrogens (tertiary/aromatic N) is 5. The number of hydrogen-bond acceptors (Lipinski definition) is 4. The highest BCUT2D eigenvalue weighted by Crippen LogP contribution is 2.49. The van der Waals surface area contributed by atoms with Gasteiger partial charge in [0.2, 0.25) is 5.95 Å². The Kier molecular flexibility index (Phi) is 8.13. The number of anilines is 2. The molecule has 0 spiro atoms. The van der Waals surface area contributed by atoms with Crippen molar-refractivity contribution in [1.82, 2.24) is 19.5 Å². The van der Waals surface area contributed by atoms with Crippen molar-refractivity contribution >= 4 is 49.5 Å². The lowest BCUT2D eigenvalue weighted by Gasteiger charge is -2.32. The second-order valence-electron chi connectivity index (χ2n) is 16.1. The molecule has 0 amide bonds. The van der Waals surface area contributed by atoms with Crippen LogP contribution in [0.1, 0.15) is 12.5 Å². The molecule has 1 aliphatic heterocycles. The van der Waals surface area contributed by atoms with Gasteiger partial charge in [0.1, 0.15) is 0 Å². The number of aromatic nitrogens is 4. The minimum atomic E-state index is 0.242. The topological polar surface area (TPSA) is 46.8 Å². The van der Waals surface area contributed by atoms with Crippen molar-refractivity contribution in [2.24, 2.45) is 5.92 Å². The Bertz CT molecular complexity index is 3360. The summed E-state index contributed by atoms with van der Waals surface area (Å²) in [6, 6.07) is 67.1. The van der Waals surface area contributed by atoms with Gasteiger partial charge in [-0.15, -0.1) is 0 Å². The van der Waals surface area contributed by atoms with E-state index in [0.29, 0.717) is 23.5 Å². The SMILES string of the molecule is CC1C=CC=C2c3ccccc3N(c3ccc(-c4c5ccccc5cc5c6ccccc6n(-c6nc(-c7ccccc7)nc(-c7ccc(-c8ccccc8)cc7)n6)c45)cc3)C21. The zero-order valence-corrected chi connectivity index (χ0v) is 33.5. The van der Waals surface area contributed by atoms with Crippen LogP contribution in [0.5, 0.6) is 0 Å². The van der Waals surface area contributed by atoms with Crippen molar-refractivity contribution in [1.29, 1.82) is 0 Å². The normalized spacial score (nSPS) is 15.6. The Morgan fingerprint density at radius 3 is 1.85 bits per heavy atom. The van der Waals surface area contributed by atoms with Gasteiger partial charge in [-0.25, -0.2) is 4.98 Å². The third-order valence-corrected chi connectivity index (χ3v) is 12.5. The first-order valence-corrected chi connectivity index (χ1v) is 21.0. The Hall–Kier alpha value is -7.89. The standard InChI is InChI=1S/C56H39N5/c1-36-15-14-24-47-45-22-10-12-25-49(45)60(52(36)47)43-33-31-39(32-34-43)51-44-21-9-8-20-42(44)35-48-46-23-11-13-26-50(46)61(53(48)51)56-58-54(40-18-6-3-7-19-40)57-55(59-56)41-29-27-38(28-30-41)37-16-4-2-5-17-37/h2-36,52H,1H3. The van der Waals surface area contributed by atoms with E-state index in [1.165, 1.54) is 38.8 Å². The Balaban J connectivity index is 1.08. The largest absolute Gasteiger partial charge is 0.333 e. The molecular formula is C56H39N5. The van der Waals surface area contributed by atoms with Crippen LogP contribution in [0.4, 0.5) is 11.4 Å². The first kappa shape index (κ1) is 35.1. The van der Waals surface area contributed by atoms with E-state index in [0.717, 1.165) is 49.6 Å². The summed E-state index contributed by atoms with van der Waals surface area (Å²) in [4.78, 5) is 18.3. The maximum absolute atomic E-state index is 5.35. The van der Waals surface area contributed by atoms with Crippen molar-refractivity contribution in [2.75, 3.05) is 4.90 Å². The van der Waals surface area contributed by atoms with E-state index in [1.54, 1.807) is 0 Å². The van der Waals surface area contributed by atoms with Gasteiger partial charge in [-0.3, -0.25) is 4.57 Å². The zero-order valence-electron chi connectivity index (χ0n) is 33.5. The summed E-state index contributed by atoms with van der Waals surface area (Å²) in [5.41, 5.74) is 13.7. The summed E-state index contributed by atoms with van der Waals surface area (Å²) in [7, 11) is 0. The maximum atomic E-state index is 5.35. The highest BCUT2D eigenvalue weighted by Gasteiger charge is 2.38. The van der Waals surface area contributed by atoms with Gasteiger partial charge >= 0.3 is 0 Å². The third kappa shape index (κ3) is 5.73. The van der Waals surface area contributed by atoms with Crippen molar-refractivity contribution < 1.29 is 0 Å². The van der Waals surface area contributed by atoms with Gasteiger partial charge in [0.15, 0.2) is 11.6 Å². The monoisotopic (exact) mass is 781 g/mol. The second kappa shape index (κ2) is 14.1. The second-order valence-corrected chi connectivity index (χ2v) is 16.1. The first-order chi connectivity index (χ1) is 30.2. The van der Waals surface area contributed by atoms with E-state index in [1.807, 2.05) is 24.3 Å². The summed E-state index contributed by atoms with van der Waals surface area (Å²) >= 11 is 0. The van der Waals surface area contributed by atoms with Crippen molar-refractivity contribution in [3.63, 3.8) is 0 Å². The molecule has 2 unspecified atom stereocenters. The lowest BCUT2D eigenvalue weighted by Crippen LogP contribution is -2.33. The highest BCUT2D eigenvalue weighted by molar-refractivity contribution is 6.21. The number of hydrogen-bond donors (Lipinski definition) is 0. The first-order valence-electron chi connectivity index (χ1n) is 21.0. The molecule has 0 saturated heterocycles. The molecule has 2 atom stereocenters. The van der Waals surface area contributed by atoms with Gasteiger partial charge in [0.25, 0.3) is 0 Å². The lowest BCUT2D eigenvalue weighted by atomic mass is 9.88. The summed E-state index contributed by atoms with van der Waals surface area (Å²) in [6.07, 6.45) is 6.83. The quantitative estimate of drug-likeness (QED) is 0.169. The molecule has 0 bridgehead atoms. The molecule has 1 aliphatic carbocycles. The minimum absolute atomic E-state index is 0.242. The van der Waals surface area contributed by atoms with Crippen LogP contribution < -0.4 is 4.90 Å². The molecule has 288 valence electrons. The maximum Gasteiger partial charge on any atom is 0.238 e. The van der Waals surface area contributed by atoms with E-state index in [2.05, 4.69) is 198 Å². The number of rotatable bonds is 6. The number of para-hydroxylation sites is 2. The van der Waals surface area contributed by atoms with E-state index in [9.17, 15) is 0 Å². The number of allylic oxidation sites excluding steroid dienone is 2. The number of fused-ring (bicyclic) bond motifs is 7. The molecule has 0 saturated carbocycles. The molecule has 2 aromatic heterocycles. The minimum Gasteiger partial charge on any atom is -0.333 e. The molecule has 2 aliphatic rings. The fraction of sp³-hybridized carbons (Fsp3) is 0.0536. The van der Waals surface area contributed by atoms with Gasteiger partial charge in [-0.2, -0.15) is 9.97 Å². The molecule has 0 radical (unpaired) electrons. The zero-order chi connectivity index (χ0) is 40.4. The predicted molar refractivity (Wildman–Crippen MR) is 252 cm³/mol. The third-order valence-electron chi connectivity index (χ3n) is 12.5. The van der Waals surface area contributed by atoms with Crippen LogP contribution in [-0.4, -0.2) is 25.6 Å². The van der Waals surface area contributed by atoms with Crippen molar-refractivity contribution in [3.05, 3.63) is 212 Å². The van der Waals surface area contributed by atoms with E-state index >= 15 is 0 Å². The van der Waals surface area contributed by atoms with Crippen molar-refractivity contribution in [2.45, 2.75) is 13.0 Å². The fourth-order valence-electron chi connectivity index (χ4n) is 9.65. The molecule has 5 nitrogen and oxygen atoms in total. The van der Waals surface area contributed by atoms with E-state index in [-0.39, 0.29) is 6.04 Å². The summed E-state index contributed by atoms with van der Waals surface area (Å²) in [5, 5.41) is 4.64. The molecule has 0 fully saturated rings. The predicted octanol–water partition coefficient (Wildman–Crippen LogP) is 13.9. The van der Waals surface area contributed by atoms with Crippen LogP contribution in [-0.2, 0) is 0 Å². The van der Waals surface area contributed by atoms with Crippen LogP contribution in [0.25, 0.3) is 89.1 Å². The van der Waals surface area contributed by atoms with Gasteiger partial charge in [-0.1, -0.05) is 183 Å². The summed E-state index contributed by atoms with van der Waals surface area (Å²) in [5.74, 6) is 2.18. The average molecular weight is 782 g/mol. The number of benzene rings is 8. The fourth-order valence-corrected chi connectivity index (χ4v) is 9.65. The van der Waals surface area contributed by atoms with Gasteiger partial charge < -0.3 is 4.90 Å². The van der Waals surface area contributed by atoms with Crippen molar-refractivity contribution in [3.8, 4) is 51.0 Å². The van der Waals surface area contributed by atoms with E-state index in [4.69, 9.17) is 15.0 Å². The van der Waals surface area contributed by atoms with E-state index < -0.39 is 0 Å². The molecule has 5 heteroatoms. The Labute approximate surface area is 354 Å². The van der Waals surface area contributed by atoms with Gasteiger partial charge in [-0.05, 0) is 69.3 Å². The molecule has 12 rings (SSSR count). The molecular weight excluding hydrogens is 743 g/mol. The Morgan fingerprint density at radius 2 is 1.08 bits per heavy atom. The van der Waals surface area contributed by atoms with Crippen LogP contribution in [0.15, 0.2) is 206 Å². The van der Waals surface area contributed by atoms with Crippen LogP contribution in [0, 0.1) is 5.92 Å². The summed E-state index contributed by atoms with van der Waals surface area (Å²) in [6.45, 7) is 2.32.